The lowest BCUT2D eigenvalue weighted by atomic mass is 9.69. The monoisotopic (exact) mass is 364 g/mol. The van der Waals surface area contributed by atoms with Gasteiger partial charge in [0, 0.05) is 13.2 Å². The Hall–Kier alpha value is -0.0400. The summed E-state index contributed by atoms with van der Waals surface area (Å²) in [6, 6.07) is 0. The van der Waals surface area contributed by atoms with Crippen LogP contribution in [0.2, 0.25) is 0 Å². The molecule has 2 fully saturated rings. The molecule has 0 spiro atoms. The van der Waals surface area contributed by atoms with E-state index < -0.39 is 0 Å². The lowest BCUT2D eigenvalue weighted by molar-refractivity contribution is 0.115. The van der Waals surface area contributed by atoms with Crippen molar-refractivity contribution in [3.8, 4) is 0 Å². The van der Waals surface area contributed by atoms with Crippen molar-refractivity contribution in [2.75, 3.05) is 13.2 Å². The third kappa shape index (κ3) is 9.25. The van der Waals surface area contributed by atoms with Crippen molar-refractivity contribution in [2.45, 2.75) is 129 Å². The number of hydrogen-bond donors (Lipinski definition) is 0. The van der Waals surface area contributed by atoms with E-state index in [1.54, 1.807) is 0 Å². The molecule has 0 radical (unpaired) electrons. The van der Waals surface area contributed by atoms with Gasteiger partial charge in [-0.2, -0.15) is 0 Å². The van der Waals surface area contributed by atoms with E-state index >= 15 is 0 Å². The summed E-state index contributed by atoms with van der Waals surface area (Å²) in [4.78, 5) is 0. The second-order valence-corrected chi connectivity index (χ2v) is 9.34. The Bertz CT molecular complexity index is 275. The van der Waals surface area contributed by atoms with Crippen LogP contribution >= 0.6 is 0 Å². The summed E-state index contributed by atoms with van der Waals surface area (Å²) in [7, 11) is 0. The molecule has 2 aliphatic carbocycles. The molecule has 0 bridgehead atoms. The van der Waals surface area contributed by atoms with E-state index in [4.69, 9.17) is 4.74 Å². The minimum atomic E-state index is 0.977. The predicted octanol–water partition coefficient (Wildman–Crippen LogP) is 8.31. The van der Waals surface area contributed by atoms with E-state index in [1.807, 2.05) is 0 Å². The van der Waals surface area contributed by atoms with E-state index in [1.165, 1.54) is 122 Å². The van der Waals surface area contributed by atoms with Crippen LogP contribution < -0.4 is 0 Å². The Balaban J connectivity index is 1.82. The standard InChI is InChI=1S/C25H48O/c1-2-3-21-26-22-15-14-20-25(23-16-10-6-4-7-11-17-23)24-18-12-8-5-9-13-19-24/h23-25H,2-22H2,1H3. The minimum Gasteiger partial charge on any atom is -0.381 e. The molecule has 0 saturated heterocycles. The lowest BCUT2D eigenvalue weighted by Gasteiger charge is -2.36. The Morgan fingerprint density at radius 3 is 1.58 bits per heavy atom. The normalized spacial score (nSPS) is 21.9. The molecule has 0 amide bonds. The highest BCUT2D eigenvalue weighted by Crippen LogP contribution is 2.40. The second kappa shape index (κ2) is 14.9. The highest BCUT2D eigenvalue weighted by molar-refractivity contribution is 4.80. The maximum absolute atomic E-state index is 5.82. The number of ether oxygens (including phenoxy) is 1. The zero-order chi connectivity index (χ0) is 18.3. The molecule has 0 atom stereocenters. The number of hydrogen-bond acceptors (Lipinski definition) is 1. The topological polar surface area (TPSA) is 9.23 Å². The van der Waals surface area contributed by atoms with Gasteiger partial charge in [-0.1, -0.05) is 110 Å². The molecule has 0 aliphatic heterocycles. The van der Waals surface area contributed by atoms with Gasteiger partial charge in [-0.3, -0.25) is 0 Å². The SMILES string of the molecule is CCCCOCCCCC(C1CCCCCCC1)C1CCCCCCC1. The summed E-state index contributed by atoms with van der Waals surface area (Å²) in [5.74, 6) is 3.11. The maximum atomic E-state index is 5.82. The molecule has 0 heterocycles. The summed E-state index contributed by atoms with van der Waals surface area (Å²) >= 11 is 0. The Morgan fingerprint density at radius 1 is 0.615 bits per heavy atom. The van der Waals surface area contributed by atoms with Gasteiger partial charge in [0.25, 0.3) is 0 Å². The van der Waals surface area contributed by atoms with E-state index in [9.17, 15) is 0 Å². The van der Waals surface area contributed by atoms with Crippen LogP contribution in [0.5, 0.6) is 0 Å². The van der Waals surface area contributed by atoms with Crippen molar-refractivity contribution in [2.24, 2.45) is 17.8 Å². The molecule has 0 N–H and O–H groups in total. The summed E-state index contributed by atoms with van der Waals surface area (Å²) < 4.78 is 5.82. The smallest absolute Gasteiger partial charge is 0.0466 e. The Kier molecular flexibility index (Phi) is 12.8. The molecule has 0 aromatic carbocycles. The molecule has 2 aliphatic rings. The third-order valence-corrected chi connectivity index (χ3v) is 7.23. The third-order valence-electron chi connectivity index (χ3n) is 7.23. The second-order valence-electron chi connectivity index (χ2n) is 9.34. The number of rotatable bonds is 10. The minimum absolute atomic E-state index is 0.977. The van der Waals surface area contributed by atoms with Crippen LogP contribution in [0, 0.1) is 17.8 Å². The molecule has 2 saturated carbocycles. The summed E-state index contributed by atoms with van der Waals surface area (Å²) in [5.41, 5.74) is 0. The zero-order valence-electron chi connectivity index (χ0n) is 18.0. The fraction of sp³-hybridized carbons (Fsp3) is 1.00. The van der Waals surface area contributed by atoms with Crippen LogP contribution in [-0.4, -0.2) is 13.2 Å². The average Bonchev–Trinajstić information content (AvgIpc) is 2.59. The lowest BCUT2D eigenvalue weighted by Crippen LogP contribution is -2.26. The van der Waals surface area contributed by atoms with Crippen LogP contribution in [-0.2, 0) is 4.74 Å². The van der Waals surface area contributed by atoms with Crippen LogP contribution in [0.15, 0.2) is 0 Å². The van der Waals surface area contributed by atoms with Gasteiger partial charge in [0.05, 0.1) is 0 Å². The summed E-state index contributed by atoms with van der Waals surface area (Å²) in [5, 5.41) is 0. The molecule has 2 rings (SSSR count). The van der Waals surface area contributed by atoms with E-state index in [-0.39, 0.29) is 0 Å². The maximum Gasteiger partial charge on any atom is 0.0466 e. The van der Waals surface area contributed by atoms with Gasteiger partial charge < -0.3 is 4.74 Å². The van der Waals surface area contributed by atoms with Gasteiger partial charge >= 0.3 is 0 Å². The Labute approximate surface area is 165 Å². The first kappa shape index (κ1) is 22.3. The van der Waals surface area contributed by atoms with Crippen molar-refractivity contribution < 1.29 is 4.74 Å². The van der Waals surface area contributed by atoms with E-state index in [2.05, 4.69) is 6.92 Å². The fourth-order valence-corrected chi connectivity index (χ4v) is 5.62. The van der Waals surface area contributed by atoms with Gasteiger partial charge in [0.1, 0.15) is 0 Å². The summed E-state index contributed by atoms with van der Waals surface area (Å²) in [6.45, 7) is 4.23. The molecule has 1 nitrogen and oxygen atoms in total. The molecule has 1 heteroatoms. The molecule has 0 aromatic rings. The van der Waals surface area contributed by atoms with Gasteiger partial charge in [-0.05, 0) is 37.0 Å². The Morgan fingerprint density at radius 2 is 1.08 bits per heavy atom. The van der Waals surface area contributed by atoms with Crippen molar-refractivity contribution in [1.29, 1.82) is 0 Å². The first-order valence-electron chi connectivity index (χ1n) is 12.5. The van der Waals surface area contributed by atoms with Gasteiger partial charge in [0.2, 0.25) is 0 Å². The van der Waals surface area contributed by atoms with Crippen molar-refractivity contribution in [1.82, 2.24) is 0 Å². The van der Waals surface area contributed by atoms with Gasteiger partial charge in [-0.25, -0.2) is 0 Å². The largest absolute Gasteiger partial charge is 0.381 e. The zero-order valence-corrected chi connectivity index (χ0v) is 18.0. The van der Waals surface area contributed by atoms with Crippen LogP contribution in [0.1, 0.15) is 129 Å². The first-order valence-corrected chi connectivity index (χ1v) is 12.5. The number of unbranched alkanes of at least 4 members (excludes halogenated alkanes) is 2. The van der Waals surface area contributed by atoms with Crippen molar-refractivity contribution >= 4 is 0 Å². The first-order chi connectivity index (χ1) is 12.9. The van der Waals surface area contributed by atoms with Gasteiger partial charge in [-0.15, -0.1) is 0 Å². The molecular weight excluding hydrogens is 316 g/mol. The molecule has 26 heavy (non-hydrogen) atoms. The van der Waals surface area contributed by atoms with Crippen molar-refractivity contribution in [3.05, 3.63) is 0 Å². The van der Waals surface area contributed by atoms with Crippen LogP contribution in [0.3, 0.4) is 0 Å². The molecular formula is C25H48O. The molecule has 154 valence electrons. The molecule has 0 unspecified atom stereocenters. The summed E-state index contributed by atoms with van der Waals surface area (Å²) in [6.07, 6.45) is 27.8. The quantitative estimate of drug-likeness (QED) is 0.354. The van der Waals surface area contributed by atoms with Crippen LogP contribution in [0.25, 0.3) is 0 Å². The highest BCUT2D eigenvalue weighted by Gasteiger charge is 2.29. The van der Waals surface area contributed by atoms with Gasteiger partial charge in [0.15, 0.2) is 0 Å². The fourth-order valence-electron chi connectivity index (χ4n) is 5.62. The van der Waals surface area contributed by atoms with Crippen molar-refractivity contribution in [3.63, 3.8) is 0 Å². The van der Waals surface area contributed by atoms with E-state index in [0.717, 1.165) is 31.0 Å². The average molecular weight is 365 g/mol. The highest BCUT2D eigenvalue weighted by atomic mass is 16.5. The predicted molar refractivity (Wildman–Crippen MR) is 115 cm³/mol. The molecule has 0 aromatic heterocycles. The van der Waals surface area contributed by atoms with Crippen LogP contribution in [0.4, 0.5) is 0 Å². The van der Waals surface area contributed by atoms with E-state index in [0.29, 0.717) is 0 Å².